The lowest BCUT2D eigenvalue weighted by Crippen LogP contribution is -2.64. The van der Waals surface area contributed by atoms with E-state index in [1.807, 2.05) is 20.8 Å². The fourth-order valence-electron chi connectivity index (χ4n) is 4.98. The summed E-state index contributed by atoms with van der Waals surface area (Å²) in [5.74, 6) is 2.76. The van der Waals surface area contributed by atoms with Gasteiger partial charge in [0, 0.05) is 6.04 Å². The summed E-state index contributed by atoms with van der Waals surface area (Å²) in [5.41, 5.74) is -0.778. The van der Waals surface area contributed by atoms with Gasteiger partial charge in [0.15, 0.2) is 0 Å². The van der Waals surface area contributed by atoms with Crippen LogP contribution in [-0.2, 0) is 4.79 Å². The van der Waals surface area contributed by atoms with Crippen LogP contribution in [0.3, 0.4) is 0 Å². The van der Waals surface area contributed by atoms with Crippen LogP contribution in [0.4, 0.5) is 0 Å². The molecule has 4 aliphatic carbocycles. The zero-order valence-electron chi connectivity index (χ0n) is 12.4. The summed E-state index contributed by atoms with van der Waals surface area (Å²) in [6.07, 6.45) is 6.77. The highest BCUT2D eigenvalue weighted by Gasteiger charge is 2.51. The summed E-state index contributed by atoms with van der Waals surface area (Å²) in [5, 5.41) is 13.2. The fourth-order valence-corrected chi connectivity index (χ4v) is 4.98. The minimum atomic E-state index is -0.778. The van der Waals surface area contributed by atoms with E-state index in [0.717, 1.165) is 23.7 Å². The number of hydrogen-bond donors (Lipinski definition) is 2. The standard InChI is InChI=1S/C16H27NO2/c1-9(2)16(3,15(18)19)17-14-12-5-10-4-11(7-12)8-13(14)6-10/h9-14,17H,4-8H2,1-3H3,(H,18,19). The van der Waals surface area contributed by atoms with E-state index in [9.17, 15) is 9.90 Å². The van der Waals surface area contributed by atoms with Gasteiger partial charge in [-0.05, 0) is 68.6 Å². The second kappa shape index (κ2) is 4.47. The quantitative estimate of drug-likeness (QED) is 0.821. The lowest BCUT2D eigenvalue weighted by Gasteiger charge is -2.56. The summed E-state index contributed by atoms with van der Waals surface area (Å²) in [4.78, 5) is 11.7. The van der Waals surface area contributed by atoms with Gasteiger partial charge >= 0.3 is 5.97 Å². The SMILES string of the molecule is CC(C)C(C)(NC1C2CC3CC(C2)CC1C3)C(=O)O. The average molecular weight is 265 g/mol. The Bertz CT molecular complexity index is 351. The van der Waals surface area contributed by atoms with E-state index in [0.29, 0.717) is 6.04 Å². The third kappa shape index (κ3) is 2.10. The van der Waals surface area contributed by atoms with Gasteiger partial charge in [-0.1, -0.05) is 13.8 Å². The van der Waals surface area contributed by atoms with Crippen molar-refractivity contribution in [1.82, 2.24) is 5.32 Å². The number of carboxylic acids is 1. The Morgan fingerprint density at radius 1 is 1.11 bits per heavy atom. The molecular weight excluding hydrogens is 238 g/mol. The number of aliphatic carboxylic acids is 1. The van der Waals surface area contributed by atoms with Crippen molar-refractivity contribution in [3.8, 4) is 0 Å². The highest BCUT2D eigenvalue weighted by molar-refractivity contribution is 5.78. The third-order valence-electron chi connectivity index (χ3n) is 6.29. The van der Waals surface area contributed by atoms with Gasteiger partial charge in [-0.15, -0.1) is 0 Å². The number of nitrogens with one attached hydrogen (secondary N) is 1. The number of rotatable bonds is 4. The molecule has 4 bridgehead atoms. The summed E-state index contributed by atoms with van der Waals surface area (Å²) >= 11 is 0. The zero-order chi connectivity index (χ0) is 13.8. The maximum atomic E-state index is 11.7. The first-order valence-electron chi connectivity index (χ1n) is 7.91. The van der Waals surface area contributed by atoms with Gasteiger partial charge in [-0.3, -0.25) is 10.1 Å². The molecule has 0 aromatic carbocycles. The van der Waals surface area contributed by atoms with Crippen molar-refractivity contribution in [2.45, 2.75) is 64.5 Å². The molecule has 0 amide bonds. The molecule has 0 aromatic rings. The molecule has 4 fully saturated rings. The van der Waals surface area contributed by atoms with Gasteiger partial charge in [0.05, 0.1) is 0 Å². The summed E-state index contributed by atoms with van der Waals surface area (Å²) in [7, 11) is 0. The van der Waals surface area contributed by atoms with Gasteiger partial charge < -0.3 is 5.11 Å². The minimum absolute atomic E-state index is 0.113. The Labute approximate surface area is 116 Å². The largest absolute Gasteiger partial charge is 0.480 e. The van der Waals surface area contributed by atoms with Crippen LogP contribution in [-0.4, -0.2) is 22.7 Å². The first-order chi connectivity index (χ1) is 8.90. The molecule has 0 aliphatic heterocycles. The molecule has 0 spiro atoms. The number of carbonyl (C=O) groups is 1. The van der Waals surface area contributed by atoms with Gasteiger partial charge in [0.2, 0.25) is 0 Å². The predicted octanol–water partition coefficient (Wildman–Crippen LogP) is 2.90. The van der Waals surface area contributed by atoms with Crippen LogP contribution in [0.2, 0.25) is 0 Å². The average Bonchev–Trinajstić information content (AvgIpc) is 2.32. The first kappa shape index (κ1) is 13.4. The molecule has 2 N–H and O–H groups in total. The van der Waals surface area contributed by atoms with Crippen LogP contribution in [0.5, 0.6) is 0 Å². The van der Waals surface area contributed by atoms with Crippen LogP contribution in [0.15, 0.2) is 0 Å². The maximum absolute atomic E-state index is 11.7. The number of carboxylic acid groups (broad SMARTS) is 1. The van der Waals surface area contributed by atoms with Crippen molar-refractivity contribution in [3.63, 3.8) is 0 Å². The Morgan fingerprint density at radius 3 is 1.95 bits per heavy atom. The van der Waals surface area contributed by atoms with Crippen LogP contribution in [0.1, 0.15) is 52.9 Å². The van der Waals surface area contributed by atoms with Crippen LogP contribution < -0.4 is 5.32 Å². The van der Waals surface area contributed by atoms with Crippen LogP contribution >= 0.6 is 0 Å². The summed E-state index contributed by atoms with van der Waals surface area (Å²) < 4.78 is 0. The molecule has 0 saturated heterocycles. The van der Waals surface area contributed by atoms with Gasteiger partial charge in [-0.2, -0.15) is 0 Å². The van der Waals surface area contributed by atoms with E-state index >= 15 is 0 Å². The molecule has 3 nitrogen and oxygen atoms in total. The topological polar surface area (TPSA) is 49.3 Å². The van der Waals surface area contributed by atoms with E-state index in [2.05, 4.69) is 5.32 Å². The Hall–Kier alpha value is -0.570. The predicted molar refractivity (Wildman–Crippen MR) is 74.8 cm³/mol. The van der Waals surface area contributed by atoms with Crippen molar-refractivity contribution in [3.05, 3.63) is 0 Å². The van der Waals surface area contributed by atoms with E-state index in [-0.39, 0.29) is 5.92 Å². The van der Waals surface area contributed by atoms with Crippen LogP contribution in [0.25, 0.3) is 0 Å². The highest BCUT2D eigenvalue weighted by atomic mass is 16.4. The summed E-state index contributed by atoms with van der Waals surface area (Å²) in [6, 6.07) is 0.441. The van der Waals surface area contributed by atoms with Crippen molar-refractivity contribution < 1.29 is 9.90 Å². The van der Waals surface area contributed by atoms with E-state index in [4.69, 9.17) is 0 Å². The monoisotopic (exact) mass is 265 g/mol. The second-order valence-corrected chi connectivity index (χ2v) is 7.76. The molecule has 19 heavy (non-hydrogen) atoms. The zero-order valence-corrected chi connectivity index (χ0v) is 12.4. The maximum Gasteiger partial charge on any atom is 0.323 e. The lowest BCUT2D eigenvalue weighted by atomic mass is 9.54. The molecule has 0 aromatic heterocycles. The van der Waals surface area contributed by atoms with Gasteiger partial charge in [-0.25, -0.2) is 0 Å². The Balaban J connectivity index is 1.78. The van der Waals surface area contributed by atoms with E-state index < -0.39 is 11.5 Å². The smallest absolute Gasteiger partial charge is 0.323 e. The third-order valence-corrected chi connectivity index (χ3v) is 6.29. The Morgan fingerprint density at radius 2 is 1.58 bits per heavy atom. The lowest BCUT2D eigenvalue weighted by molar-refractivity contribution is -0.148. The van der Waals surface area contributed by atoms with Gasteiger partial charge in [0.25, 0.3) is 0 Å². The van der Waals surface area contributed by atoms with E-state index in [1.54, 1.807) is 0 Å². The first-order valence-corrected chi connectivity index (χ1v) is 7.91. The van der Waals surface area contributed by atoms with Crippen molar-refractivity contribution >= 4 is 5.97 Å². The highest BCUT2D eigenvalue weighted by Crippen LogP contribution is 2.54. The second-order valence-electron chi connectivity index (χ2n) is 7.76. The molecule has 4 rings (SSSR count). The molecule has 4 aliphatic rings. The number of hydrogen-bond acceptors (Lipinski definition) is 2. The van der Waals surface area contributed by atoms with E-state index in [1.165, 1.54) is 32.1 Å². The fraction of sp³-hybridized carbons (Fsp3) is 0.938. The molecule has 3 heteroatoms. The molecule has 1 atom stereocenters. The van der Waals surface area contributed by atoms with Gasteiger partial charge in [0.1, 0.15) is 5.54 Å². The molecule has 4 saturated carbocycles. The van der Waals surface area contributed by atoms with Crippen molar-refractivity contribution in [2.24, 2.45) is 29.6 Å². The Kier molecular flexibility index (Phi) is 3.16. The van der Waals surface area contributed by atoms with Crippen molar-refractivity contribution in [1.29, 1.82) is 0 Å². The minimum Gasteiger partial charge on any atom is -0.480 e. The summed E-state index contributed by atoms with van der Waals surface area (Å²) in [6.45, 7) is 5.89. The van der Waals surface area contributed by atoms with Crippen LogP contribution in [0, 0.1) is 29.6 Å². The molecular formula is C16H27NO2. The van der Waals surface area contributed by atoms with Crippen molar-refractivity contribution in [2.75, 3.05) is 0 Å². The normalized spacial score (nSPS) is 43.5. The molecule has 1 unspecified atom stereocenters. The molecule has 0 radical (unpaired) electrons. The molecule has 108 valence electrons. The molecule has 0 heterocycles.